The third kappa shape index (κ3) is 3.34. The van der Waals surface area contributed by atoms with Crippen molar-refractivity contribution >= 4 is 17.4 Å². The SMILES string of the molecule is CC1CCCC(Nc2cncc(Cl)n2)CC1. The van der Waals surface area contributed by atoms with Crippen molar-refractivity contribution in [2.45, 2.75) is 45.1 Å². The zero-order valence-corrected chi connectivity index (χ0v) is 10.4. The maximum atomic E-state index is 5.80. The van der Waals surface area contributed by atoms with E-state index in [1.165, 1.54) is 32.1 Å². The van der Waals surface area contributed by atoms with Gasteiger partial charge < -0.3 is 5.32 Å². The van der Waals surface area contributed by atoms with E-state index < -0.39 is 0 Å². The highest BCUT2D eigenvalue weighted by Gasteiger charge is 2.16. The smallest absolute Gasteiger partial charge is 0.149 e. The second-order valence-corrected chi connectivity index (χ2v) is 5.07. The highest BCUT2D eigenvalue weighted by molar-refractivity contribution is 6.29. The molecule has 1 aliphatic carbocycles. The Labute approximate surface area is 102 Å². The summed E-state index contributed by atoms with van der Waals surface area (Å²) in [7, 11) is 0. The molecule has 88 valence electrons. The molecular formula is C12H18ClN3. The number of anilines is 1. The summed E-state index contributed by atoms with van der Waals surface area (Å²) in [5.74, 6) is 1.66. The highest BCUT2D eigenvalue weighted by Crippen LogP contribution is 2.24. The van der Waals surface area contributed by atoms with Crippen LogP contribution < -0.4 is 5.32 Å². The molecule has 1 fully saturated rings. The maximum absolute atomic E-state index is 5.80. The van der Waals surface area contributed by atoms with Crippen LogP contribution in [0.1, 0.15) is 39.0 Å². The summed E-state index contributed by atoms with van der Waals surface area (Å²) in [5.41, 5.74) is 0. The van der Waals surface area contributed by atoms with Gasteiger partial charge in [-0.1, -0.05) is 31.4 Å². The summed E-state index contributed by atoms with van der Waals surface area (Å²) < 4.78 is 0. The molecule has 16 heavy (non-hydrogen) atoms. The number of hydrogen-bond acceptors (Lipinski definition) is 3. The average Bonchev–Trinajstić information content (AvgIpc) is 2.44. The van der Waals surface area contributed by atoms with E-state index in [0.717, 1.165) is 11.7 Å². The average molecular weight is 240 g/mol. The molecule has 2 rings (SSSR count). The van der Waals surface area contributed by atoms with Gasteiger partial charge in [0.05, 0.1) is 12.4 Å². The minimum atomic E-state index is 0.451. The van der Waals surface area contributed by atoms with Crippen LogP contribution in [0.25, 0.3) is 0 Å². The number of aromatic nitrogens is 2. The second-order valence-electron chi connectivity index (χ2n) is 4.68. The van der Waals surface area contributed by atoms with Gasteiger partial charge in [-0.2, -0.15) is 0 Å². The molecule has 1 aromatic heterocycles. The summed E-state index contributed by atoms with van der Waals surface area (Å²) >= 11 is 5.80. The van der Waals surface area contributed by atoms with Gasteiger partial charge >= 0.3 is 0 Å². The molecule has 1 heterocycles. The van der Waals surface area contributed by atoms with E-state index in [4.69, 9.17) is 11.6 Å². The Morgan fingerprint density at radius 1 is 1.25 bits per heavy atom. The Hall–Kier alpha value is -0.830. The summed E-state index contributed by atoms with van der Waals surface area (Å²) in [6.45, 7) is 2.33. The first-order valence-electron chi connectivity index (χ1n) is 5.98. The zero-order chi connectivity index (χ0) is 11.4. The lowest BCUT2D eigenvalue weighted by molar-refractivity contribution is 0.502. The van der Waals surface area contributed by atoms with Crippen LogP contribution in [0.5, 0.6) is 0 Å². The number of rotatable bonds is 2. The number of nitrogens with zero attached hydrogens (tertiary/aromatic N) is 2. The number of halogens is 1. The molecule has 1 aromatic rings. The summed E-state index contributed by atoms with van der Waals surface area (Å²) in [4.78, 5) is 8.24. The first-order chi connectivity index (χ1) is 7.74. The van der Waals surface area contributed by atoms with Crippen LogP contribution in [0.3, 0.4) is 0 Å². The largest absolute Gasteiger partial charge is 0.366 e. The van der Waals surface area contributed by atoms with Crippen LogP contribution in [-0.4, -0.2) is 16.0 Å². The Bertz CT molecular complexity index is 343. The molecule has 4 heteroatoms. The molecule has 0 amide bonds. The van der Waals surface area contributed by atoms with Gasteiger partial charge in [-0.05, 0) is 25.2 Å². The van der Waals surface area contributed by atoms with Gasteiger partial charge in [0.2, 0.25) is 0 Å². The maximum Gasteiger partial charge on any atom is 0.149 e. The fourth-order valence-corrected chi connectivity index (χ4v) is 2.40. The van der Waals surface area contributed by atoms with Crippen LogP contribution in [0, 0.1) is 5.92 Å². The van der Waals surface area contributed by atoms with Crippen LogP contribution in [0.4, 0.5) is 5.82 Å². The van der Waals surface area contributed by atoms with Crippen molar-refractivity contribution in [1.82, 2.24) is 9.97 Å². The molecule has 1 saturated carbocycles. The molecule has 1 aliphatic rings. The lowest BCUT2D eigenvalue weighted by atomic mass is 10.0. The van der Waals surface area contributed by atoms with Gasteiger partial charge in [0.15, 0.2) is 0 Å². The van der Waals surface area contributed by atoms with E-state index in [2.05, 4.69) is 22.2 Å². The molecule has 2 unspecified atom stereocenters. The Balaban J connectivity index is 1.93. The minimum Gasteiger partial charge on any atom is -0.366 e. The van der Waals surface area contributed by atoms with Gasteiger partial charge in [-0.3, -0.25) is 4.98 Å². The molecule has 3 nitrogen and oxygen atoms in total. The van der Waals surface area contributed by atoms with Gasteiger partial charge in [0, 0.05) is 6.04 Å². The first-order valence-corrected chi connectivity index (χ1v) is 6.36. The van der Waals surface area contributed by atoms with E-state index >= 15 is 0 Å². The molecule has 0 aliphatic heterocycles. The Morgan fingerprint density at radius 3 is 2.94 bits per heavy atom. The Morgan fingerprint density at radius 2 is 2.12 bits per heavy atom. The topological polar surface area (TPSA) is 37.8 Å². The lowest BCUT2D eigenvalue weighted by Gasteiger charge is -2.16. The lowest BCUT2D eigenvalue weighted by Crippen LogP contribution is -2.19. The van der Waals surface area contributed by atoms with E-state index in [9.17, 15) is 0 Å². The summed E-state index contributed by atoms with van der Waals surface area (Å²) in [5, 5.41) is 3.88. The van der Waals surface area contributed by atoms with E-state index in [1.54, 1.807) is 12.4 Å². The monoisotopic (exact) mass is 239 g/mol. The van der Waals surface area contributed by atoms with Crippen molar-refractivity contribution in [1.29, 1.82) is 0 Å². The third-order valence-electron chi connectivity index (χ3n) is 3.21. The van der Waals surface area contributed by atoms with E-state index in [-0.39, 0.29) is 0 Å². The van der Waals surface area contributed by atoms with E-state index in [1.807, 2.05) is 0 Å². The number of hydrogen-bond donors (Lipinski definition) is 1. The summed E-state index contributed by atoms with van der Waals surface area (Å²) in [6.07, 6.45) is 9.67. The molecule has 0 radical (unpaired) electrons. The predicted octanol–water partition coefficient (Wildman–Crippen LogP) is 3.51. The van der Waals surface area contributed by atoms with Gasteiger partial charge in [-0.15, -0.1) is 0 Å². The molecule has 0 saturated heterocycles. The Kier molecular flexibility index (Phi) is 3.99. The van der Waals surface area contributed by atoms with Gasteiger partial charge in [-0.25, -0.2) is 4.98 Å². The van der Waals surface area contributed by atoms with Crippen molar-refractivity contribution in [3.63, 3.8) is 0 Å². The standard InChI is InChI=1S/C12H18ClN3/c1-9-3-2-4-10(6-5-9)15-12-8-14-7-11(13)16-12/h7-10H,2-6H2,1H3,(H,15,16). The van der Waals surface area contributed by atoms with Crippen LogP contribution in [-0.2, 0) is 0 Å². The van der Waals surface area contributed by atoms with Gasteiger partial charge in [0.1, 0.15) is 11.0 Å². The zero-order valence-electron chi connectivity index (χ0n) is 9.62. The van der Waals surface area contributed by atoms with Gasteiger partial charge in [0.25, 0.3) is 0 Å². The van der Waals surface area contributed by atoms with Crippen molar-refractivity contribution in [3.8, 4) is 0 Å². The quantitative estimate of drug-likeness (QED) is 0.803. The van der Waals surface area contributed by atoms with Crippen LogP contribution in [0.2, 0.25) is 5.15 Å². The van der Waals surface area contributed by atoms with Crippen molar-refractivity contribution < 1.29 is 0 Å². The normalized spacial score (nSPS) is 26.1. The van der Waals surface area contributed by atoms with Crippen molar-refractivity contribution in [2.24, 2.45) is 5.92 Å². The molecule has 0 bridgehead atoms. The van der Waals surface area contributed by atoms with Crippen LogP contribution >= 0.6 is 11.6 Å². The number of nitrogens with one attached hydrogen (secondary N) is 1. The molecule has 0 aromatic carbocycles. The fraction of sp³-hybridized carbons (Fsp3) is 0.667. The minimum absolute atomic E-state index is 0.451. The van der Waals surface area contributed by atoms with Crippen molar-refractivity contribution in [2.75, 3.05) is 5.32 Å². The highest BCUT2D eigenvalue weighted by atomic mass is 35.5. The second kappa shape index (κ2) is 5.48. The molecular weight excluding hydrogens is 222 g/mol. The van der Waals surface area contributed by atoms with Crippen molar-refractivity contribution in [3.05, 3.63) is 17.5 Å². The van der Waals surface area contributed by atoms with E-state index in [0.29, 0.717) is 11.2 Å². The first kappa shape index (κ1) is 11.6. The molecule has 0 spiro atoms. The predicted molar refractivity (Wildman–Crippen MR) is 66.7 cm³/mol. The summed E-state index contributed by atoms with van der Waals surface area (Å²) in [6, 6.07) is 0.526. The molecule has 2 atom stereocenters. The fourth-order valence-electron chi connectivity index (χ4n) is 2.25. The molecule has 1 N–H and O–H groups in total. The van der Waals surface area contributed by atoms with Crippen LogP contribution in [0.15, 0.2) is 12.4 Å². The third-order valence-corrected chi connectivity index (χ3v) is 3.40.